The third kappa shape index (κ3) is 2.58. The quantitative estimate of drug-likeness (QED) is 0.574. The molecule has 1 aromatic heterocycles. The van der Waals surface area contributed by atoms with Crippen LogP contribution < -0.4 is 10.9 Å². The molecule has 0 spiro atoms. The van der Waals surface area contributed by atoms with Gasteiger partial charge in [-0.25, -0.2) is 4.98 Å². The smallest absolute Gasteiger partial charge is 0.287 e. The zero-order valence-electron chi connectivity index (χ0n) is 8.00. The van der Waals surface area contributed by atoms with Crippen LogP contribution in [-0.2, 0) is 4.79 Å². The lowest BCUT2D eigenvalue weighted by Crippen LogP contribution is -2.43. The van der Waals surface area contributed by atoms with Gasteiger partial charge in [-0.3, -0.25) is 20.4 Å². The van der Waals surface area contributed by atoms with E-state index in [1.165, 1.54) is 12.5 Å². The van der Waals surface area contributed by atoms with Gasteiger partial charge in [0.25, 0.3) is 5.91 Å². The molecule has 0 aliphatic carbocycles. The maximum atomic E-state index is 11.2. The second kappa shape index (κ2) is 4.40. The first-order chi connectivity index (χ1) is 6.61. The Hall–Kier alpha value is -1.85. The van der Waals surface area contributed by atoms with Gasteiger partial charge in [0.05, 0.1) is 12.5 Å². The first-order valence-electron chi connectivity index (χ1n) is 4.20. The molecule has 0 unspecified atom stereocenters. The van der Waals surface area contributed by atoms with Gasteiger partial charge in [0.2, 0.25) is 5.91 Å². The molecule has 6 nitrogen and oxygen atoms in total. The largest absolute Gasteiger partial charge is 0.341 e. The van der Waals surface area contributed by atoms with Crippen molar-refractivity contribution in [1.29, 1.82) is 0 Å². The van der Waals surface area contributed by atoms with Gasteiger partial charge in [0.15, 0.2) is 0 Å². The molecule has 1 heterocycles. The molecule has 0 radical (unpaired) electrons. The zero-order chi connectivity index (χ0) is 10.6. The van der Waals surface area contributed by atoms with E-state index in [1.54, 1.807) is 13.8 Å². The van der Waals surface area contributed by atoms with E-state index in [-0.39, 0.29) is 11.8 Å². The standard InChI is InChI=1S/C8H12N4O2/c1-5(2)7(13)11-12-8(14)6-3-9-4-10-6/h3-5H,1-2H3,(H,9,10)(H,11,13)(H,12,14). The van der Waals surface area contributed by atoms with Gasteiger partial charge in [0.1, 0.15) is 5.69 Å². The van der Waals surface area contributed by atoms with Crippen LogP contribution in [0.15, 0.2) is 12.5 Å². The lowest BCUT2D eigenvalue weighted by atomic mass is 10.2. The highest BCUT2D eigenvalue weighted by Gasteiger charge is 2.09. The summed E-state index contributed by atoms with van der Waals surface area (Å²) in [5.41, 5.74) is 4.84. The summed E-state index contributed by atoms with van der Waals surface area (Å²) in [6.45, 7) is 3.47. The first kappa shape index (κ1) is 10.2. The van der Waals surface area contributed by atoms with Gasteiger partial charge in [0, 0.05) is 5.92 Å². The Kier molecular flexibility index (Phi) is 3.22. The minimum atomic E-state index is -0.420. The van der Waals surface area contributed by atoms with Crippen molar-refractivity contribution in [3.8, 4) is 0 Å². The zero-order valence-corrected chi connectivity index (χ0v) is 8.00. The molecular weight excluding hydrogens is 184 g/mol. The van der Waals surface area contributed by atoms with E-state index in [1.807, 2.05) is 0 Å². The monoisotopic (exact) mass is 196 g/mol. The number of imidazole rings is 1. The van der Waals surface area contributed by atoms with Crippen LogP contribution >= 0.6 is 0 Å². The number of aromatic amines is 1. The highest BCUT2D eigenvalue weighted by molar-refractivity contribution is 5.93. The highest BCUT2D eigenvalue weighted by Crippen LogP contribution is 1.91. The molecule has 0 saturated carbocycles. The van der Waals surface area contributed by atoms with E-state index in [0.29, 0.717) is 5.69 Å². The van der Waals surface area contributed by atoms with Gasteiger partial charge >= 0.3 is 0 Å². The van der Waals surface area contributed by atoms with Crippen LogP contribution in [0.5, 0.6) is 0 Å². The van der Waals surface area contributed by atoms with Crippen molar-refractivity contribution >= 4 is 11.8 Å². The summed E-state index contributed by atoms with van der Waals surface area (Å²) in [6, 6.07) is 0. The summed E-state index contributed by atoms with van der Waals surface area (Å²) in [5, 5.41) is 0. The number of hydrazine groups is 1. The summed E-state index contributed by atoms with van der Waals surface area (Å²) in [4.78, 5) is 28.6. The second-order valence-corrected chi connectivity index (χ2v) is 3.06. The van der Waals surface area contributed by atoms with Crippen LogP contribution in [-0.4, -0.2) is 21.8 Å². The van der Waals surface area contributed by atoms with Crippen molar-refractivity contribution in [2.24, 2.45) is 5.92 Å². The number of carbonyl (C=O) groups is 2. The first-order valence-corrected chi connectivity index (χ1v) is 4.20. The average molecular weight is 196 g/mol. The van der Waals surface area contributed by atoms with E-state index >= 15 is 0 Å². The fourth-order valence-electron chi connectivity index (χ4n) is 0.710. The van der Waals surface area contributed by atoms with E-state index in [9.17, 15) is 9.59 Å². The summed E-state index contributed by atoms with van der Waals surface area (Å²) < 4.78 is 0. The van der Waals surface area contributed by atoms with Gasteiger partial charge in [-0.1, -0.05) is 13.8 Å². The van der Waals surface area contributed by atoms with Crippen LogP contribution in [0.1, 0.15) is 24.3 Å². The molecule has 76 valence electrons. The minimum absolute atomic E-state index is 0.169. The topological polar surface area (TPSA) is 86.9 Å². The molecule has 3 N–H and O–H groups in total. The van der Waals surface area contributed by atoms with Crippen molar-refractivity contribution < 1.29 is 9.59 Å². The van der Waals surface area contributed by atoms with Crippen LogP contribution in [0.25, 0.3) is 0 Å². The van der Waals surface area contributed by atoms with Gasteiger partial charge in [-0.05, 0) is 0 Å². The fourth-order valence-corrected chi connectivity index (χ4v) is 0.710. The molecule has 0 bridgehead atoms. The predicted octanol–water partition coefficient (Wildman–Crippen LogP) is -0.173. The van der Waals surface area contributed by atoms with Crippen LogP contribution in [0.2, 0.25) is 0 Å². The number of carbonyl (C=O) groups excluding carboxylic acids is 2. The maximum Gasteiger partial charge on any atom is 0.287 e. The molecule has 1 rings (SSSR count). The van der Waals surface area contributed by atoms with Crippen LogP contribution in [0, 0.1) is 5.92 Å². The summed E-state index contributed by atoms with van der Waals surface area (Å²) in [5.74, 6) is -0.827. The van der Waals surface area contributed by atoms with E-state index in [2.05, 4.69) is 20.8 Å². The number of aromatic nitrogens is 2. The normalized spacial score (nSPS) is 9.93. The highest BCUT2D eigenvalue weighted by atomic mass is 16.2. The van der Waals surface area contributed by atoms with Gasteiger partial charge in [-0.15, -0.1) is 0 Å². The molecule has 0 aliphatic rings. The number of hydrogen-bond donors (Lipinski definition) is 3. The van der Waals surface area contributed by atoms with Gasteiger partial charge < -0.3 is 4.98 Å². The molecule has 0 aliphatic heterocycles. The van der Waals surface area contributed by atoms with Crippen molar-refractivity contribution in [2.75, 3.05) is 0 Å². The molecule has 0 aromatic carbocycles. The van der Waals surface area contributed by atoms with Crippen molar-refractivity contribution in [3.05, 3.63) is 18.2 Å². The van der Waals surface area contributed by atoms with Crippen LogP contribution in [0.4, 0.5) is 0 Å². The number of amides is 2. The van der Waals surface area contributed by atoms with E-state index in [0.717, 1.165) is 0 Å². The predicted molar refractivity (Wildman–Crippen MR) is 49.0 cm³/mol. The van der Waals surface area contributed by atoms with Crippen molar-refractivity contribution in [3.63, 3.8) is 0 Å². The Morgan fingerprint density at radius 1 is 1.43 bits per heavy atom. The molecule has 14 heavy (non-hydrogen) atoms. The molecule has 1 aromatic rings. The number of rotatable bonds is 2. The number of nitrogens with one attached hydrogen (secondary N) is 3. The van der Waals surface area contributed by atoms with Crippen molar-refractivity contribution in [1.82, 2.24) is 20.8 Å². The number of hydrogen-bond acceptors (Lipinski definition) is 3. The molecule has 0 atom stereocenters. The number of H-pyrrole nitrogens is 1. The lowest BCUT2D eigenvalue weighted by Gasteiger charge is -2.07. The Morgan fingerprint density at radius 2 is 2.14 bits per heavy atom. The van der Waals surface area contributed by atoms with Crippen LogP contribution in [0.3, 0.4) is 0 Å². The summed E-state index contributed by atoms with van der Waals surface area (Å²) in [6.07, 6.45) is 2.76. The van der Waals surface area contributed by atoms with E-state index < -0.39 is 5.91 Å². The molecule has 0 fully saturated rings. The second-order valence-electron chi connectivity index (χ2n) is 3.06. The Morgan fingerprint density at radius 3 is 2.64 bits per heavy atom. The Bertz CT molecular complexity index is 318. The third-order valence-electron chi connectivity index (χ3n) is 1.57. The molecule has 2 amide bonds. The summed E-state index contributed by atoms with van der Waals surface area (Å²) in [7, 11) is 0. The number of nitrogens with zero attached hydrogens (tertiary/aromatic N) is 1. The average Bonchev–Trinajstić information content (AvgIpc) is 2.66. The maximum absolute atomic E-state index is 11.2. The van der Waals surface area contributed by atoms with E-state index in [4.69, 9.17) is 0 Å². The van der Waals surface area contributed by atoms with Crippen molar-refractivity contribution in [2.45, 2.75) is 13.8 Å². The SMILES string of the molecule is CC(C)C(=O)NNC(=O)c1cnc[nH]1. The Labute approximate surface area is 81.1 Å². The minimum Gasteiger partial charge on any atom is -0.341 e. The molecule has 0 saturated heterocycles. The fraction of sp³-hybridized carbons (Fsp3) is 0.375. The lowest BCUT2D eigenvalue weighted by molar-refractivity contribution is -0.124. The third-order valence-corrected chi connectivity index (χ3v) is 1.57. The molecule has 6 heteroatoms. The summed E-state index contributed by atoms with van der Waals surface area (Å²) >= 11 is 0. The van der Waals surface area contributed by atoms with Gasteiger partial charge in [-0.2, -0.15) is 0 Å². The molecular formula is C8H12N4O2. The Balaban J connectivity index is 2.40.